The van der Waals surface area contributed by atoms with Crippen LogP contribution in [0.4, 0.5) is 4.39 Å². The van der Waals surface area contributed by atoms with E-state index in [0.717, 1.165) is 46.4 Å². The Hall–Kier alpha value is -5.57. The lowest BCUT2D eigenvalue weighted by Crippen LogP contribution is -2.46. The second-order valence-electron chi connectivity index (χ2n) is 12.3. The number of nitrogens with one attached hydrogen (secondary N) is 3. The molecule has 1 amide bonds. The lowest BCUT2D eigenvalue weighted by Gasteiger charge is -2.21. The summed E-state index contributed by atoms with van der Waals surface area (Å²) in [6.45, 7) is 28.5. The highest BCUT2D eigenvalue weighted by Gasteiger charge is 2.44. The van der Waals surface area contributed by atoms with Crippen molar-refractivity contribution in [2.75, 3.05) is 20.3 Å². The van der Waals surface area contributed by atoms with Crippen LogP contribution in [0.3, 0.4) is 0 Å². The number of nitrogens with zero attached hydrogens (tertiary/aromatic N) is 4. The maximum absolute atomic E-state index is 13.8. The fourth-order valence-electron chi connectivity index (χ4n) is 5.33. The zero-order valence-electron chi connectivity index (χ0n) is 30.8. The quantitative estimate of drug-likeness (QED) is 0.0797. The number of carbonyl (C=O) groups is 1. The lowest BCUT2D eigenvalue weighted by molar-refractivity contribution is 0.0931. The van der Waals surface area contributed by atoms with E-state index in [0.29, 0.717) is 41.3 Å². The van der Waals surface area contributed by atoms with Gasteiger partial charge in [0.25, 0.3) is 5.91 Å². The summed E-state index contributed by atoms with van der Waals surface area (Å²) in [5.41, 5.74) is 7.34. The van der Waals surface area contributed by atoms with Crippen LogP contribution >= 0.6 is 0 Å². The SMILES string of the molecule is C=C/C=C\C(=C)/C(=N/CN=C)NCC1(NC(=O)c2cc(/C=C/c3c(C(=C)NC)c(-c4ccc(F)cc4)nn3C=C)c(C)cc2CC)CC1.CCC. The molecule has 3 N–H and O–H groups in total. The minimum absolute atomic E-state index is 0.128. The summed E-state index contributed by atoms with van der Waals surface area (Å²) in [5, 5.41) is 14.5. The van der Waals surface area contributed by atoms with Gasteiger partial charge in [-0.05, 0) is 86.0 Å². The molecular formula is C42H52FN7O. The summed E-state index contributed by atoms with van der Waals surface area (Å²) < 4.78 is 15.4. The Morgan fingerprint density at radius 2 is 1.78 bits per heavy atom. The first-order valence-electron chi connectivity index (χ1n) is 17.2. The molecule has 0 saturated heterocycles. The fraction of sp³-hybridized carbons (Fsp3) is 0.286. The van der Waals surface area contributed by atoms with Crippen LogP contribution in [0, 0.1) is 12.7 Å². The molecule has 3 aromatic rings. The van der Waals surface area contributed by atoms with Gasteiger partial charge in [-0.15, -0.1) is 0 Å². The maximum atomic E-state index is 13.8. The average Bonchev–Trinajstić information content (AvgIpc) is 3.79. The largest absolute Gasteiger partial charge is 0.388 e. The zero-order valence-corrected chi connectivity index (χ0v) is 30.8. The average molecular weight is 690 g/mol. The van der Waals surface area contributed by atoms with Crippen molar-refractivity contribution < 1.29 is 9.18 Å². The zero-order chi connectivity index (χ0) is 37.6. The van der Waals surface area contributed by atoms with Gasteiger partial charge in [0.1, 0.15) is 24.0 Å². The van der Waals surface area contributed by atoms with Crippen molar-refractivity contribution in [3.05, 3.63) is 126 Å². The van der Waals surface area contributed by atoms with Gasteiger partial charge < -0.3 is 16.0 Å². The molecule has 9 heteroatoms. The number of hydrogen-bond acceptors (Lipinski definition) is 5. The Bertz CT molecular complexity index is 1840. The molecule has 8 nitrogen and oxygen atoms in total. The van der Waals surface area contributed by atoms with Crippen LogP contribution in [0.15, 0.2) is 96.5 Å². The van der Waals surface area contributed by atoms with Crippen molar-refractivity contribution in [3.8, 4) is 11.3 Å². The molecular weight excluding hydrogens is 638 g/mol. The Morgan fingerprint density at radius 1 is 1.10 bits per heavy atom. The number of carbonyl (C=O) groups excluding carboxylic acids is 1. The van der Waals surface area contributed by atoms with Crippen LogP contribution in [0.5, 0.6) is 0 Å². The lowest BCUT2D eigenvalue weighted by atomic mass is 9.95. The van der Waals surface area contributed by atoms with E-state index in [1.165, 1.54) is 18.6 Å². The molecule has 0 atom stereocenters. The molecule has 0 unspecified atom stereocenters. The molecule has 1 aliphatic rings. The fourth-order valence-corrected chi connectivity index (χ4v) is 5.33. The first kappa shape index (κ1) is 39.9. The number of allylic oxidation sites excluding steroid dienone is 2. The van der Waals surface area contributed by atoms with Gasteiger partial charge in [-0.3, -0.25) is 9.79 Å². The standard InChI is InChI=1S/C39H44FN7O.C3H8/c1-9-12-13-26(4)37(44-25-41-7)43-24-39(20-21-39)45-38(48)33-23-31(27(5)22-29(33)10-2)16-19-34-35(28(6)42-8)36(46-47(34)11-3)30-14-17-32(40)18-15-30;1-3-2/h9,11-19,22-23,42H,1,3-4,6-7,10,20-21,24-25H2,2,5,8H3,(H,43,44)(H,45,48);3H2,1-2H3/b13-12-,19-16+;. The van der Waals surface area contributed by atoms with E-state index in [1.54, 1.807) is 42.2 Å². The first-order valence-corrected chi connectivity index (χ1v) is 17.2. The predicted octanol–water partition coefficient (Wildman–Crippen LogP) is 8.64. The third-order valence-corrected chi connectivity index (χ3v) is 8.27. The van der Waals surface area contributed by atoms with E-state index in [1.807, 2.05) is 38.1 Å². The number of amides is 1. The second-order valence-corrected chi connectivity index (χ2v) is 12.3. The molecule has 0 spiro atoms. The summed E-state index contributed by atoms with van der Waals surface area (Å²) in [6, 6.07) is 10.2. The topological polar surface area (TPSA) is 95.7 Å². The molecule has 1 aromatic heterocycles. The molecule has 0 radical (unpaired) electrons. The van der Waals surface area contributed by atoms with Crippen molar-refractivity contribution in [2.24, 2.45) is 9.98 Å². The summed E-state index contributed by atoms with van der Waals surface area (Å²) in [7, 11) is 1.79. The van der Waals surface area contributed by atoms with Crippen molar-refractivity contribution in [3.63, 3.8) is 0 Å². The van der Waals surface area contributed by atoms with Gasteiger partial charge in [0.2, 0.25) is 0 Å². The number of aryl methyl sites for hydroxylation is 2. The minimum atomic E-state index is -0.399. The summed E-state index contributed by atoms with van der Waals surface area (Å²) >= 11 is 0. The van der Waals surface area contributed by atoms with Gasteiger partial charge in [-0.25, -0.2) is 14.1 Å². The molecule has 0 bridgehead atoms. The normalized spacial score (nSPS) is 13.3. The number of halogens is 1. The third kappa shape index (κ3) is 10.5. The number of amidine groups is 1. The van der Waals surface area contributed by atoms with Crippen LogP contribution in [0.25, 0.3) is 35.3 Å². The minimum Gasteiger partial charge on any atom is -0.388 e. The van der Waals surface area contributed by atoms with Crippen LogP contribution in [0.2, 0.25) is 0 Å². The van der Waals surface area contributed by atoms with E-state index in [9.17, 15) is 9.18 Å². The van der Waals surface area contributed by atoms with Gasteiger partial charge in [0.15, 0.2) is 0 Å². The monoisotopic (exact) mass is 689 g/mol. The molecule has 268 valence electrons. The molecule has 1 heterocycles. The first-order chi connectivity index (χ1) is 24.5. The number of rotatable bonds is 16. The highest BCUT2D eigenvalue weighted by molar-refractivity contribution is 6.01. The Morgan fingerprint density at radius 3 is 2.35 bits per heavy atom. The maximum Gasteiger partial charge on any atom is 0.252 e. The van der Waals surface area contributed by atoms with Crippen LogP contribution in [0.1, 0.15) is 78.3 Å². The Kier molecular flexibility index (Phi) is 14.8. The number of benzene rings is 2. The van der Waals surface area contributed by atoms with E-state index in [2.05, 4.69) is 78.9 Å². The molecule has 2 aromatic carbocycles. The van der Waals surface area contributed by atoms with E-state index < -0.39 is 5.54 Å². The molecule has 51 heavy (non-hydrogen) atoms. The summed E-state index contributed by atoms with van der Waals surface area (Å²) in [5.74, 6) is 0.143. The van der Waals surface area contributed by atoms with Crippen LogP contribution in [-0.4, -0.2) is 54.0 Å². The second kappa shape index (κ2) is 19.0. The van der Waals surface area contributed by atoms with Crippen molar-refractivity contribution >= 4 is 42.5 Å². The smallest absolute Gasteiger partial charge is 0.252 e. The Labute approximate surface area is 303 Å². The van der Waals surface area contributed by atoms with Gasteiger partial charge in [-0.2, -0.15) is 5.10 Å². The predicted molar refractivity (Wildman–Crippen MR) is 215 cm³/mol. The van der Waals surface area contributed by atoms with Crippen molar-refractivity contribution in [2.45, 2.75) is 58.9 Å². The number of aromatic nitrogens is 2. The van der Waals surface area contributed by atoms with Crippen LogP contribution in [-0.2, 0) is 6.42 Å². The van der Waals surface area contributed by atoms with Gasteiger partial charge in [-0.1, -0.05) is 83.9 Å². The van der Waals surface area contributed by atoms with E-state index >= 15 is 0 Å². The summed E-state index contributed by atoms with van der Waals surface area (Å²) in [4.78, 5) is 22.1. The van der Waals surface area contributed by atoms with Gasteiger partial charge in [0, 0.05) is 42.2 Å². The third-order valence-electron chi connectivity index (χ3n) is 8.27. The molecule has 1 saturated carbocycles. The van der Waals surface area contributed by atoms with E-state index in [4.69, 9.17) is 5.10 Å². The molecule has 0 aliphatic heterocycles. The molecule has 1 aliphatic carbocycles. The van der Waals surface area contributed by atoms with Crippen molar-refractivity contribution in [1.82, 2.24) is 25.7 Å². The van der Waals surface area contributed by atoms with Crippen molar-refractivity contribution in [1.29, 1.82) is 0 Å². The van der Waals surface area contributed by atoms with Crippen LogP contribution < -0.4 is 16.0 Å². The molecule has 4 rings (SSSR count). The van der Waals surface area contributed by atoms with E-state index in [-0.39, 0.29) is 18.4 Å². The van der Waals surface area contributed by atoms with Gasteiger partial charge >= 0.3 is 0 Å². The highest BCUT2D eigenvalue weighted by Crippen LogP contribution is 2.36. The molecule has 1 fully saturated rings. The number of hydrogen-bond donors (Lipinski definition) is 3. The van der Waals surface area contributed by atoms with Gasteiger partial charge in [0.05, 0.1) is 16.8 Å². The summed E-state index contributed by atoms with van der Waals surface area (Å²) in [6.07, 6.45) is 14.4. The number of aliphatic imine (C=N–C) groups is 2. The Balaban J connectivity index is 0.00000226. The highest BCUT2D eigenvalue weighted by atomic mass is 19.1.